The molecule has 0 radical (unpaired) electrons. The van der Waals surface area contributed by atoms with Gasteiger partial charge in [0.05, 0.1) is 11.2 Å². The van der Waals surface area contributed by atoms with E-state index in [-0.39, 0.29) is 24.1 Å². The maximum absolute atomic E-state index is 12.8. The predicted molar refractivity (Wildman–Crippen MR) is 68.8 cm³/mol. The van der Waals surface area contributed by atoms with Crippen molar-refractivity contribution in [1.82, 2.24) is 5.32 Å². The van der Waals surface area contributed by atoms with Gasteiger partial charge in [-0.1, -0.05) is 12.1 Å². The Bertz CT molecular complexity index is 460. The number of rotatable bonds is 3. The van der Waals surface area contributed by atoms with Crippen LogP contribution in [0.2, 0.25) is 0 Å². The van der Waals surface area contributed by atoms with E-state index in [2.05, 4.69) is 5.32 Å². The molecule has 1 heterocycles. The fourth-order valence-electron chi connectivity index (χ4n) is 2.17. The van der Waals surface area contributed by atoms with Crippen LogP contribution in [0.5, 0.6) is 5.75 Å². The Morgan fingerprint density at radius 1 is 1.35 bits per heavy atom. The summed E-state index contributed by atoms with van der Waals surface area (Å²) >= 11 is 0. The Labute approximate surface area is 116 Å². The quantitative estimate of drug-likeness (QED) is 0.928. The van der Waals surface area contributed by atoms with Gasteiger partial charge in [-0.15, -0.1) is 0 Å². The molecule has 0 aliphatic carbocycles. The lowest BCUT2D eigenvalue weighted by Gasteiger charge is -2.36. The maximum atomic E-state index is 12.8. The standard InChI is InChI=1S/C14H18F3NO2/c1-13(2)9-18-7-10(20-13)8-19-12-6-4-3-5-11(12)14(15,16)17/h3-6,10,18H,7-9H2,1-2H3. The third-order valence-corrected chi connectivity index (χ3v) is 3.03. The van der Waals surface area contributed by atoms with Crippen molar-refractivity contribution in [3.05, 3.63) is 29.8 Å². The van der Waals surface area contributed by atoms with Gasteiger partial charge in [-0.25, -0.2) is 0 Å². The minimum absolute atomic E-state index is 0.0868. The Hall–Kier alpha value is -1.27. The van der Waals surface area contributed by atoms with Gasteiger partial charge in [0, 0.05) is 13.1 Å². The topological polar surface area (TPSA) is 30.5 Å². The first-order chi connectivity index (χ1) is 9.28. The summed E-state index contributed by atoms with van der Waals surface area (Å²) in [7, 11) is 0. The fraction of sp³-hybridized carbons (Fsp3) is 0.571. The molecule has 1 aromatic rings. The van der Waals surface area contributed by atoms with Crippen LogP contribution in [0.25, 0.3) is 0 Å². The van der Waals surface area contributed by atoms with Crippen molar-refractivity contribution in [3.8, 4) is 5.75 Å². The first-order valence-corrected chi connectivity index (χ1v) is 6.45. The number of benzene rings is 1. The zero-order chi connectivity index (χ0) is 14.8. The van der Waals surface area contributed by atoms with Crippen molar-refractivity contribution in [1.29, 1.82) is 0 Å². The summed E-state index contributed by atoms with van der Waals surface area (Å²) in [5.74, 6) is -0.160. The summed E-state index contributed by atoms with van der Waals surface area (Å²) in [6.45, 7) is 5.22. The van der Waals surface area contributed by atoms with Gasteiger partial charge < -0.3 is 14.8 Å². The Morgan fingerprint density at radius 3 is 2.70 bits per heavy atom. The van der Waals surface area contributed by atoms with Crippen LogP contribution in [0.15, 0.2) is 24.3 Å². The highest BCUT2D eigenvalue weighted by atomic mass is 19.4. The summed E-state index contributed by atoms with van der Waals surface area (Å²) in [5, 5.41) is 3.18. The molecular weight excluding hydrogens is 271 g/mol. The Morgan fingerprint density at radius 2 is 2.05 bits per heavy atom. The molecule has 1 aliphatic heterocycles. The molecule has 1 saturated heterocycles. The molecule has 0 spiro atoms. The molecule has 0 amide bonds. The second-order valence-corrected chi connectivity index (χ2v) is 5.44. The third-order valence-electron chi connectivity index (χ3n) is 3.03. The van der Waals surface area contributed by atoms with Crippen LogP contribution in [-0.4, -0.2) is 31.4 Å². The molecular formula is C14H18F3NO2. The number of morpholine rings is 1. The highest BCUT2D eigenvalue weighted by Crippen LogP contribution is 2.36. The van der Waals surface area contributed by atoms with Crippen molar-refractivity contribution in [2.45, 2.75) is 31.7 Å². The van der Waals surface area contributed by atoms with Gasteiger partial charge >= 0.3 is 6.18 Å². The number of halogens is 3. The van der Waals surface area contributed by atoms with Crippen LogP contribution in [0.4, 0.5) is 13.2 Å². The van der Waals surface area contributed by atoms with Crippen LogP contribution >= 0.6 is 0 Å². The van der Waals surface area contributed by atoms with E-state index in [1.807, 2.05) is 13.8 Å². The van der Waals surface area contributed by atoms with E-state index in [0.29, 0.717) is 13.1 Å². The largest absolute Gasteiger partial charge is 0.490 e. The van der Waals surface area contributed by atoms with Crippen LogP contribution < -0.4 is 10.1 Å². The van der Waals surface area contributed by atoms with E-state index in [9.17, 15) is 13.2 Å². The van der Waals surface area contributed by atoms with Gasteiger partial charge in [0.2, 0.25) is 0 Å². The summed E-state index contributed by atoms with van der Waals surface area (Å²) < 4.78 is 49.5. The highest BCUT2D eigenvalue weighted by Gasteiger charge is 2.34. The van der Waals surface area contributed by atoms with E-state index in [1.165, 1.54) is 18.2 Å². The molecule has 1 fully saturated rings. The molecule has 1 aromatic carbocycles. The number of alkyl halides is 3. The smallest absolute Gasteiger partial charge is 0.419 e. The van der Waals surface area contributed by atoms with Gasteiger partial charge in [0.1, 0.15) is 18.5 Å². The average molecular weight is 289 g/mol. The van der Waals surface area contributed by atoms with Gasteiger partial charge in [-0.05, 0) is 26.0 Å². The number of hydrogen-bond acceptors (Lipinski definition) is 3. The molecule has 0 bridgehead atoms. The lowest BCUT2D eigenvalue weighted by Crippen LogP contribution is -2.52. The first-order valence-electron chi connectivity index (χ1n) is 6.45. The molecule has 0 aromatic heterocycles. The molecule has 1 unspecified atom stereocenters. The van der Waals surface area contributed by atoms with Crippen LogP contribution in [0.1, 0.15) is 19.4 Å². The summed E-state index contributed by atoms with van der Waals surface area (Å²) in [6, 6.07) is 5.20. The van der Waals surface area contributed by atoms with E-state index in [4.69, 9.17) is 9.47 Å². The minimum atomic E-state index is -4.42. The zero-order valence-corrected chi connectivity index (χ0v) is 11.5. The lowest BCUT2D eigenvalue weighted by molar-refractivity contribution is -0.140. The lowest BCUT2D eigenvalue weighted by atomic mass is 10.1. The molecule has 20 heavy (non-hydrogen) atoms. The number of para-hydroxylation sites is 1. The molecule has 3 nitrogen and oxygen atoms in total. The highest BCUT2D eigenvalue weighted by molar-refractivity contribution is 5.35. The monoisotopic (exact) mass is 289 g/mol. The number of nitrogens with one attached hydrogen (secondary N) is 1. The van der Waals surface area contributed by atoms with Gasteiger partial charge in [0.15, 0.2) is 0 Å². The molecule has 0 saturated carbocycles. The molecule has 1 aliphatic rings. The SMILES string of the molecule is CC1(C)CNCC(COc2ccccc2C(F)(F)F)O1. The van der Waals surface area contributed by atoms with E-state index < -0.39 is 11.7 Å². The maximum Gasteiger partial charge on any atom is 0.419 e. The second kappa shape index (κ2) is 5.61. The predicted octanol–water partition coefficient (Wildman–Crippen LogP) is 2.85. The van der Waals surface area contributed by atoms with Crippen molar-refractivity contribution in [3.63, 3.8) is 0 Å². The van der Waals surface area contributed by atoms with Crippen molar-refractivity contribution >= 4 is 0 Å². The van der Waals surface area contributed by atoms with Gasteiger partial charge in [-0.3, -0.25) is 0 Å². The van der Waals surface area contributed by atoms with Gasteiger partial charge in [0.25, 0.3) is 0 Å². The van der Waals surface area contributed by atoms with Crippen LogP contribution in [0.3, 0.4) is 0 Å². The Kier molecular flexibility index (Phi) is 4.25. The van der Waals surface area contributed by atoms with Crippen LogP contribution in [0, 0.1) is 0 Å². The van der Waals surface area contributed by atoms with Crippen molar-refractivity contribution in [2.24, 2.45) is 0 Å². The third kappa shape index (κ3) is 3.86. The zero-order valence-electron chi connectivity index (χ0n) is 11.5. The van der Waals surface area contributed by atoms with Gasteiger partial charge in [-0.2, -0.15) is 13.2 Å². The van der Waals surface area contributed by atoms with E-state index in [0.717, 1.165) is 6.07 Å². The Balaban J connectivity index is 2.01. The van der Waals surface area contributed by atoms with E-state index in [1.54, 1.807) is 0 Å². The summed E-state index contributed by atoms with van der Waals surface area (Å²) in [6.07, 6.45) is -4.68. The second-order valence-electron chi connectivity index (χ2n) is 5.44. The number of ether oxygens (including phenoxy) is 2. The number of hydrogen-bond donors (Lipinski definition) is 1. The molecule has 1 atom stereocenters. The normalized spacial score (nSPS) is 22.6. The molecule has 2 rings (SSSR count). The molecule has 6 heteroatoms. The summed E-state index contributed by atoms with van der Waals surface area (Å²) in [4.78, 5) is 0. The van der Waals surface area contributed by atoms with Crippen molar-refractivity contribution < 1.29 is 22.6 Å². The first kappa shape index (κ1) is 15.1. The molecule has 112 valence electrons. The summed E-state index contributed by atoms with van der Waals surface area (Å²) in [5.41, 5.74) is -1.10. The average Bonchev–Trinajstić information content (AvgIpc) is 2.34. The minimum Gasteiger partial charge on any atom is -0.490 e. The van der Waals surface area contributed by atoms with Crippen LogP contribution in [-0.2, 0) is 10.9 Å². The van der Waals surface area contributed by atoms with Crippen molar-refractivity contribution in [2.75, 3.05) is 19.7 Å². The fourth-order valence-corrected chi connectivity index (χ4v) is 2.17. The molecule has 1 N–H and O–H groups in total. The van der Waals surface area contributed by atoms with E-state index >= 15 is 0 Å².